The number of hydrogen-bond acceptors (Lipinski definition) is 4. The molecule has 2 N–H and O–H groups in total. The molecule has 1 aromatic rings. The third-order valence-electron chi connectivity index (χ3n) is 3.32. The summed E-state index contributed by atoms with van der Waals surface area (Å²) < 4.78 is 10.7. The second-order valence-electron chi connectivity index (χ2n) is 5.37. The van der Waals surface area contributed by atoms with Crippen LogP contribution in [0.4, 0.5) is 0 Å². The van der Waals surface area contributed by atoms with Gasteiger partial charge in [0, 0.05) is 32.5 Å². The molecule has 6 nitrogen and oxygen atoms in total. The van der Waals surface area contributed by atoms with Crippen molar-refractivity contribution in [2.75, 3.05) is 33.4 Å². The van der Waals surface area contributed by atoms with Crippen LogP contribution in [0.25, 0.3) is 0 Å². The SMILES string of the molecule is CCNC(=NCc1ccc(OCC2CC2)nc1)NCCOC. The van der Waals surface area contributed by atoms with Crippen molar-refractivity contribution in [2.24, 2.45) is 10.9 Å². The van der Waals surface area contributed by atoms with Crippen LogP contribution in [-0.2, 0) is 11.3 Å². The van der Waals surface area contributed by atoms with E-state index in [0.717, 1.165) is 37.1 Å². The third-order valence-corrected chi connectivity index (χ3v) is 3.32. The van der Waals surface area contributed by atoms with E-state index in [-0.39, 0.29) is 0 Å². The molecule has 1 fully saturated rings. The topological polar surface area (TPSA) is 67.8 Å². The lowest BCUT2D eigenvalue weighted by Crippen LogP contribution is -2.38. The van der Waals surface area contributed by atoms with Gasteiger partial charge in [-0.05, 0) is 31.2 Å². The van der Waals surface area contributed by atoms with Gasteiger partial charge in [0.2, 0.25) is 5.88 Å². The summed E-state index contributed by atoms with van der Waals surface area (Å²) in [6.07, 6.45) is 4.40. The van der Waals surface area contributed by atoms with Crippen LogP contribution in [0.3, 0.4) is 0 Å². The standard InChI is InChI=1S/C16H26N4O2/c1-3-17-16(18-8-9-21-2)20-11-14-6-7-15(19-10-14)22-12-13-4-5-13/h6-7,10,13H,3-5,8-9,11-12H2,1-2H3,(H2,17,18,20). The van der Waals surface area contributed by atoms with Gasteiger partial charge in [-0.3, -0.25) is 0 Å². The molecule has 0 aliphatic heterocycles. The second kappa shape index (κ2) is 9.25. The minimum Gasteiger partial charge on any atom is -0.477 e. The quantitative estimate of drug-likeness (QED) is 0.412. The number of rotatable bonds is 9. The number of aliphatic imine (C=N–C) groups is 1. The van der Waals surface area contributed by atoms with Crippen molar-refractivity contribution in [2.45, 2.75) is 26.3 Å². The van der Waals surface area contributed by atoms with Crippen LogP contribution >= 0.6 is 0 Å². The summed E-state index contributed by atoms with van der Waals surface area (Å²) in [6, 6.07) is 3.93. The van der Waals surface area contributed by atoms with Gasteiger partial charge in [0.15, 0.2) is 5.96 Å². The second-order valence-corrected chi connectivity index (χ2v) is 5.37. The maximum atomic E-state index is 5.63. The molecule has 0 amide bonds. The molecule has 2 rings (SSSR count). The maximum Gasteiger partial charge on any atom is 0.213 e. The van der Waals surface area contributed by atoms with E-state index in [2.05, 4.69) is 20.6 Å². The molecule has 1 aliphatic rings. The number of nitrogens with one attached hydrogen (secondary N) is 2. The lowest BCUT2D eigenvalue weighted by Gasteiger charge is -2.10. The third kappa shape index (κ3) is 6.30. The summed E-state index contributed by atoms with van der Waals surface area (Å²) in [5.74, 6) is 2.23. The Morgan fingerprint density at radius 3 is 2.86 bits per heavy atom. The van der Waals surface area contributed by atoms with Crippen LogP contribution in [0.2, 0.25) is 0 Å². The Labute approximate surface area is 132 Å². The first-order chi connectivity index (χ1) is 10.8. The summed E-state index contributed by atoms with van der Waals surface area (Å²) in [7, 11) is 1.68. The monoisotopic (exact) mass is 306 g/mol. The fourth-order valence-electron chi connectivity index (χ4n) is 1.86. The van der Waals surface area contributed by atoms with E-state index in [1.54, 1.807) is 7.11 Å². The van der Waals surface area contributed by atoms with Gasteiger partial charge in [0.25, 0.3) is 0 Å². The van der Waals surface area contributed by atoms with Crippen molar-refractivity contribution in [3.63, 3.8) is 0 Å². The van der Waals surface area contributed by atoms with E-state index >= 15 is 0 Å². The number of hydrogen-bond donors (Lipinski definition) is 2. The van der Waals surface area contributed by atoms with Crippen LogP contribution < -0.4 is 15.4 Å². The Morgan fingerprint density at radius 2 is 2.23 bits per heavy atom. The van der Waals surface area contributed by atoms with Crippen LogP contribution in [0.1, 0.15) is 25.3 Å². The number of nitrogens with zero attached hydrogens (tertiary/aromatic N) is 2. The van der Waals surface area contributed by atoms with Gasteiger partial charge in [0.05, 0.1) is 19.8 Å². The Balaban J connectivity index is 1.80. The van der Waals surface area contributed by atoms with Crippen LogP contribution in [-0.4, -0.2) is 44.4 Å². The van der Waals surface area contributed by atoms with Crippen molar-refractivity contribution in [3.8, 4) is 5.88 Å². The van der Waals surface area contributed by atoms with Crippen molar-refractivity contribution in [1.82, 2.24) is 15.6 Å². The molecule has 1 heterocycles. The minimum absolute atomic E-state index is 0.582. The van der Waals surface area contributed by atoms with Crippen molar-refractivity contribution < 1.29 is 9.47 Å². The van der Waals surface area contributed by atoms with Crippen LogP contribution in [0.15, 0.2) is 23.3 Å². The molecule has 0 atom stereocenters. The molecule has 0 spiro atoms. The summed E-state index contributed by atoms with van der Waals surface area (Å²) in [5.41, 5.74) is 1.06. The van der Waals surface area contributed by atoms with Gasteiger partial charge in [-0.1, -0.05) is 6.07 Å². The van der Waals surface area contributed by atoms with Crippen LogP contribution in [0.5, 0.6) is 5.88 Å². The first-order valence-electron chi connectivity index (χ1n) is 7.90. The van der Waals surface area contributed by atoms with Crippen molar-refractivity contribution in [1.29, 1.82) is 0 Å². The highest BCUT2D eigenvalue weighted by Crippen LogP contribution is 2.29. The number of guanidine groups is 1. The maximum absolute atomic E-state index is 5.63. The zero-order chi connectivity index (χ0) is 15.6. The van der Waals surface area contributed by atoms with E-state index in [0.29, 0.717) is 19.0 Å². The van der Waals surface area contributed by atoms with Gasteiger partial charge in [-0.25, -0.2) is 9.98 Å². The lowest BCUT2D eigenvalue weighted by atomic mass is 10.3. The summed E-state index contributed by atoms with van der Waals surface area (Å²) in [6.45, 7) is 5.62. The molecular weight excluding hydrogens is 280 g/mol. The number of ether oxygens (including phenoxy) is 2. The highest BCUT2D eigenvalue weighted by atomic mass is 16.5. The van der Waals surface area contributed by atoms with Crippen LogP contribution in [0, 0.1) is 5.92 Å². The largest absolute Gasteiger partial charge is 0.477 e. The minimum atomic E-state index is 0.582. The molecule has 1 aromatic heterocycles. The van der Waals surface area contributed by atoms with Gasteiger partial charge in [0.1, 0.15) is 0 Å². The van der Waals surface area contributed by atoms with E-state index < -0.39 is 0 Å². The molecule has 0 radical (unpaired) electrons. The first-order valence-corrected chi connectivity index (χ1v) is 7.90. The highest BCUT2D eigenvalue weighted by molar-refractivity contribution is 5.79. The predicted octanol–water partition coefficient (Wildman–Crippen LogP) is 1.57. The molecule has 0 saturated heterocycles. The van der Waals surface area contributed by atoms with Crippen molar-refractivity contribution in [3.05, 3.63) is 23.9 Å². The highest BCUT2D eigenvalue weighted by Gasteiger charge is 2.21. The average molecular weight is 306 g/mol. The molecule has 0 bridgehead atoms. The zero-order valence-electron chi connectivity index (χ0n) is 13.5. The molecule has 0 unspecified atom stereocenters. The Kier molecular flexibility index (Phi) is 6.96. The van der Waals surface area contributed by atoms with Gasteiger partial charge in [-0.2, -0.15) is 0 Å². The summed E-state index contributed by atoms with van der Waals surface area (Å²) >= 11 is 0. The van der Waals surface area contributed by atoms with E-state index in [9.17, 15) is 0 Å². The first kappa shape index (κ1) is 16.5. The summed E-state index contributed by atoms with van der Waals surface area (Å²) in [4.78, 5) is 8.85. The smallest absolute Gasteiger partial charge is 0.213 e. The van der Waals surface area contributed by atoms with Gasteiger partial charge in [-0.15, -0.1) is 0 Å². The molecule has 22 heavy (non-hydrogen) atoms. The lowest BCUT2D eigenvalue weighted by molar-refractivity contribution is 0.203. The normalized spacial score (nSPS) is 14.7. The number of methoxy groups -OCH3 is 1. The Bertz CT molecular complexity index is 458. The fraction of sp³-hybridized carbons (Fsp3) is 0.625. The van der Waals surface area contributed by atoms with E-state index in [4.69, 9.17) is 9.47 Å². The Morgan fingerprint density at radius 1 is 1.36 bits per heavy atom. The molecule has 122 valence electrons. The molecule has 1 saturated carbocycles. The van der Waals surface area contributed by atoms with E-state index in [1.165, 1.54) is 12.8 Å². The molecule has 1 aliphatic carbocycles. The van der Waals surface area contributed by atoms with Crippen molar-refractivity contribution >= 4 is 5.96 Å². The molecule has 0 aromatic carbocycles. The van der Waals surface area contributed by atoms with Gasteiger partial charge >= 0.3 is 0 Å². The molecular formula is C16H26N4O2. The fourth-order valence-corrected chi connectivity index (χ4v) is 1.86. The van der Waals surface area contributed by atoms with Gasteiger partial charge < -0.3 is 20.1 Å². The zero-order valence-corrected chi connectivity index (χ0v) is 13.5. The van der Waals surface area contributed by atoms with E-state index in [1.807, 2.05) is 25.3 Å². The Hall–Kier alpha value is -1.82. The number of pyridine rings is 1. The average Bonchev–Trinajstić information content (AvgIpc) is 3.36. The molecule has 6 heteroatoms. The summed E-state index contributed by atoms with van der Waals surface area (Å²) in [5, 5.41) is 6.41. The predicted molar refractivity (Wildman–Crippen MR) is 87.2 cm³/mol. The number of aromatic nitrogens is 1.